The van der Waals surface area contributed by atoms with Gasteiger partial charge < -0.3 is 9.47 Å². The van der Waals surface area contributed by atoms with Crippen molar-refractivity contribution >= 4 is 16.9 Å². The second-order valence-electron chi connectivity index (χ2n) is 7.87. The number of fused-ring (bicyclic) bond motifs is 3. The lowest BCUT2D eigenvalue weighted by molar-refractivity contribution is 0.355. The number of nitrogens with zero attached hydrogens (tertiary/aromatic N) is 5. The Morgan fingerprint density at radius 2 is 1.64 bits per heavy atom. The number of hydrogen-bond donors (Lipinski definition) is 0. The smallest absolute Gasteiger partial charge is 0.332 e. The molecule has 0 amide bonds. The molecule has 0 bridgehead atoms. The van der Waals surface area contributed by atoms with Gasteiger partial charge in [-0.15, -0.1) is 0 Å². The van der Waals surface area contributed by atoms with Crippen LogP contribution in [0.5, 0.6) is 11.5 Å². The molecule has 0 aliphatic heterocycles. The number of hydrogen-bond acceptors (Lipinski definition) is 5. The molecule has 0 saturated heterocycles. The molecule has 0 aliphatic rings. The summed E-state index contributed by atoms with van der Waals surface area (Å²) in [7, 11) is 6.27. The zero-order valence-electron chi connectivity index (χ0n) is 19.0. The quantitative estimate of drug-likeness (QED) is 0.425. The van der Waals surface area contributed by atoms with Crippen LogP contribution in [-0.2, 0) is 14.1 Å². The van der Waals surface area contributed by atoms with Crippen molar-refractivity contribution in [3.8, 4) is 28.4 Å². The van der Waals surface area contributed by atoms with Crippen molar-refractivity contribution in [3.63, 3.8) is 0 Å². The normalized spacial score (nSPS) is 11.4. The first-order chi connectivity index (χ1) is 15.9. The fourth-order valence-corrected chi connectivity index (χ4v) is 4.22. The summed E-state index contributed by atoms with van der Waals surface area (Å²) in [5.41, 5.74) is 3.46. The van der Waals surface area contributed by atoms with Crippen molar-refractivity contribution in [3.05, 3.63) is 75.1 Å². The Kier molecular flexibility index (Phi) is 4.63. The molecule has 0 radical (unpaired) electrons. The summed E-state index contributed by atoms with van der Waals surface area (Å²) >= 11 is 0. The van der Waals surface area contributed by atoms with E-state index < -0.39 is 11.2 Å². The largest absolute Gasteiger partial charge is 0.493 e. The highest BCUT2D eigenvalue weighted by Crippen LogP contribution is 2.35. The van der Waals surface area contributed by atoms with E-state index in [9.17, 15) is 9.59 Å². The monoisotopic (exact) mass is 445 g/mol. The van der Waals surface area contributed by atoms with Crippen molar-refractivity contribution in [2.75, 3.05) is 14.2 Å². The van der Waals surface area contributed by atoms with Crippen LogP contribution in [0, 0.1) is 6.92 Å². The number of benzene rings is 2. The van der Waals surface area contributed by atoms with E-state index in [0.717, 1.165) is 27.1 Å². The Morgan fingerprint density at radius 3 is 2.33 bits per heavy atom. The molecule has 0 unspecified atom stereocenters. The van der Waals surface area contributed by atoms with Crippen LogP contribution in [0.1, 0.15) is 5.56 Å². The van der Waals surface area contributed by atoms with Crippen molar-refractivity contribution in [1.29, 1.82) is 0 Å². The first kappa shape index (κ1) is 20.6. The van der Waals surface area contributed by atoms with Crippen LogP contribution in [0.4, 0.5) is 0 Å². The lowest BCUT2D eigenvalue weighted by atomic mass is 10.1. The Bertz CT molecular complexity index is 1670. The SMILES string of the molecule is COc1ccc(-c2cn3c4c(=O)n(C)c(=O)n(C)c4nc3n2-c2ccccc2C)cc1OC. The van der Waals surface area contributed by atoms with Gasteiger partial charge in [0, 0.05) is 25.9 Å². The molecule has 2 aromatic carbocycles. The number of aromatic nitrogens is 5. The molecule has 5 rings (SSSR count). The van der Waals surface area contributed by atoms with Gasteiger partial charge in [-0.25, -0.2) is 4.79 Å². The second-order valence-corrected chi connectivity index (χ2v) is 7.87. The molecule has 3 aromatic heterocycles. The number of methoxy groups -OCH3 is 2. The fraction of sp³-hybridized carbons (Fsp3) is 0.208. The van der Waals surface area contributed by atoms with Crippen LogP contribution in [0.2, 0.25) is 0 Å². The summed E-state index contributed by atoms with van der Waals surface area (Å²) in [5, 5.41) is 0. The van der Waals surface area contributed by atoms with Gasteiger partial charge in [0.25, 0.3) is 5.56 Å². The molecule has 5 aromatic rings. The van der Waals surface area contributed by atoms with Crippen molar-refractivity contribution in [2.45, 2.75) is 6.92 Å². The standard InChI is InChI=1S/C24H23N5O4/c1-14-8-6-7-9-16(14)29-17(15-10-11-18(32-4)19(12-15)33-5)13-28-20-21(25-23(28)29)26(2)24(31)27(3)22(20)30/h6-13H,1-5H3. The Morgan fingerprint density at radius 1 is 0.909 bits per heavy atom. The van der Waals surface area contributed by atoms with Crippen LogP contribution < -0.4 is 20.7 Å². The van der Waals surface area contributed by atoms with Crippen molar-refractivity contribution in [1.82, 2.24) is 23.1 Å². The first-order valence-electron chi connectivity index (χ1n) is 10.3. The highest BCUT2D eigenvalue weighted by molar-refractivity contribution is 5.80. The van der Waals surface area contributed by atoms with Gasteiger partial charge in [0.15, 0.2) is 22.7 Å². The lowest BCUT2D eigenvalue weighted by Crippen LogP contribution is -2.37. The van der Waals surface area contributed by atoms with E-state index in [4.69, 9.17) is 14.5 Å². The zero-order valence-corrected chi connectivity index (χ0v) is 19.0. The topological polar surface area (TPSA) is 84.7 Å². The minimum atomic E-state index is -0.421. The minimum Gasteiger partial charge on any atom is -0.493 e. The van der Waals surface area contributed by atoms with Gasteiger partial charge >= 0.3 is 5.69 Å². The van der Waals surface area contributed by atoms with Gasteiger partial charge in [0.05, 0.1) is 25.6 Å². The van der Waals surface area contributed by atoms with Gasteiger partial charge in [0.1, 0.15) is 0 Å². The van der Waals surface area contributed by atoms with Crippen LogP contribution >= 0.6 is 0 Å². The predicted octanol–water partition coefficient (Wildman–Crippen LogP) is 2.67. The van der Waals surface area contributed by atoms with E-state index in [1.165, 1.54) is 11.6 Å². The zero-order chi connectivity index (χ0) is 23.4. The van der Waals surface area contributed by atoms with E-state index in [2.05, 4.69) is 0 Å². The molecule has 33 heavy (non-hydrogen) atoms. The van der Waals surface area contributed by atoms with Crippen LogP contribution in [0.25, 0.3) is 33.9 Å². The summed E-state index contributed by atoms with van der Waals surface area (Å²) in [5.74, 6) is 1.74. The maximum Gasteiger partial charge on any atom is 0.332 e. The second kappa shape index (κ2) is 7.40. The highest BCUT2D eigenvalue weighted by atomic mass is 16.5. The Hall–Kier alpha value is -4.27. The van der Waals surface area contributed by atoms with Crippen molar-refractivity contribution in [2.24, 2.45) is 14.1 Å². The molecular weight excluding hydrogens is 422 g/mol. The van der Waals surface area contributed by atoms with Gasteiger partial charge in [0.2, 0.25) is 5.78 Å². The lowest BCUT2D eigenvalue weighted by Gasteiger charge is -2.13. The Labute approximate surface area is 188 Å². The van der Waals surface area contributed by atoms with Crippen LogP contribution in [-0.4, -0.2) is 37.3 Å². The number of ether oxygens (including phenoxy) is 2. The molecular formula is C24H23N5O4. The van der Waals surface area contributed by atoms with Crippen LogP contribution in [0.3, 0.4) is 0 Å². The highest BCUT2D eigenvalue weighted by Gasteiger charge is 2.22. The maximum absolute atomic E-state index is 13.1. The molecule has 0 aliphatic carbocycles. The van der Waals surface area contributed by atoms with E-state index in [1.54, 1.807) is 25.7 Å². The number of rotatable bonds is 4. The molecule has 9 nitrogen and oxygen atoms in total. The summed E-state index contributed by atoms with van der Waals surface area (Å²) in [6.45, 7) is 2.02. The summed E-state index contributed by atoms with van der Waals surface area (Å²) in [6.07, 6.45) is 1.87. The molecule has 168 valence electrons. The first-order valence-corrected chi connectivity index (χ1v) is 10.3. The van der Waals surface area contributed by atoms with E-state index in [1.807, 2.05) is 60.2 Å². The molecule has 0 fully saturated rings. The number of aryl methyl sites for hydroxylation is 2. The van der Waals surface area contributed by atoms with Gasteiger partial charge in [-0.3, -0.25) is 22.9 Å². The molecule has 0 atom stereocenters. The average Bonchev–Trinajstić information content (AvgIpc) is 3.38. The Balaban J connectivity index is 1.95. The maximum atomic E-state index is 13.1. The fourth-order valence-electron chi connectivity index (χ4n) is 4.22. The van der Waals surface area contributed by atoms with Crippen LogP contribution in [0.15, 0.2) is 58.3 Å². The molecule has 3 heterocycles. The summed E-state index contributed by atoms with van der Waals surface area (Å²) in [4.78, 5) is 30.3. The van der Waals surface area contributed by atoms with Crippen molar-refractivity contribution < 1.29 is 9.47 Å². The predicted molar refractivity (Wildman–Crippen MR) is 126 cm³/mol. The third-order valence-corrected chi connectivity index (χ3v) is 6.00. The summed E-state index contributed by atoms with van der Waals surface area (Å²) < 4.78 is 17.1. The van der Waals surface area contributed by atoms with Gasteiger partial charge in [-0.1, -0.05) is 18.2 Å². The van der Waals surface area contributed by atoms with E-state index in [0.29, 0.717) is 28.4 Å². The number of para-hydroxylation sites is 1. The molecule has 0 N–H and O–H groups in total. The van der Waals surface area contributed by atoms with E-state index in [-0.39, 0.29) is 0 Å². The number of imidazole rings is 2. The minimum absolute atomic E-state index is 0.333. The van der Waals surface area contributed by atoms with Gasteiger partial charge in [-0.2, -0.15) is 4.98 Å². The van der Waals surface area contributed by atoms with E-state index >= 15 is 0 Å². The molecule has 9 heteroatoms. The third kappa shape index (κ3) is 2.89. The van der Waals surface area contributed by atoms with Gasteiger partial charge in [-0.05, 0) is 36.8 Å². The average molecular weight is 445 g/mol. The third-order valence-electron chi connectivity index (χ3n) is 6.00. The molecule has 0 spiro atoms. The summed E-state index contributed by atoms with van der Waals surface area (Å²) in [6, 6.07) is 13.6. The molecule has 0 saturated carbocycles.